The summed E-state index contributed by atoms with van der Waals surface area (Å²) in [5, 5.41) is 10.4. The van der Waals surface area contributed by atoms with Crippen molar-refractivity contribution in [2.75, 3.05) is 31.6 Å². The highest BCUT2D eigenvalue weighted by atomic mass is 32.1. The third kappa shape index (κ3) is 5.24. The lowest BCUT2D eigenvalue weighted by atomic mass is 10.2. The Morgan fingerprint density at radius 2 is 1.84 bits per heavy atom. The molecule has 0 saturated carbocycles. The number of hydrogen-bond donors (Lipinski definition) is 1. The first-order chi connectivity index (χ1) is 15.5. The summed E-state index contributed by atoms with van der Waals surface area (Å²) in [7, 11) is 0. The number of halogens is 2. The molecule has 1 saturated heterocycles. The number of carbonyl (C=O) groups excluding carboxylic acids is 2. The van der Waals surface area contributed by atoms with Crippen LogP contribution in [-0.2, 0) is 11.3 Å². The molecule has 0 aliphatic carbocycles. The molecule has 1 aromatic heterocycles. The molecule has 1 aliphatic rings. The number of carbonyl (C=O) groups is 2. The lowest BCUT2D eigenvalue weighted by molar-refractivity contribution is 0.0303. The quantitative estimate of drug-likeness (QED) is 0.608. The molecule has 0 bridgehead atoms. The maximum atomic E-state index is 13.7. The number of rotatable bonds is 6. The van der Waals surface area contributed by atoms with Crippen molar-refractivity contribution in [2.24, 2.45) is 0 Å². The van der Waals surface area contributed by atoms with Crippen LogP contribution in [-0.4, -0.2) is 53.2 Å². The van der Waals surface area contributed by atoms with E-state index in [-0.39, 0.29) is 23.2 Å². The second-order valence-corrected chi connectivity index (χ2v) is 7.86. The van der Waals surface area contributed by atoms with Gasteiger partial charge in [-0.3, -0.25) is 9.59 Å². The van der Waals surface area contributed by atoms with Crippen LogP contribution in [0.1, 0.15) is 25.2 Å². The topological polar surface area (TPSA) is 93.7 Å². The maximum Gasteiger partial charge on any atom is 0.286 e. The van der Waals surface area contributed by atoms with Gasteiger partial charge in [0.1, 0.15) is 24.0 Å². The molecule has 1 aliphatic heterocycles. The van der Waals surface area contributed by atoms with Crippen LogP contribution in [0.5, 0.6) is 5.75 Å². The molecular formula is C21H18F2N4O4S. The molecule has 2 aromatic carbocycles. The number of morpholine rings is 1. The molecule has 0 radical (unpaired) electrons. The van der Waals surface area contributed by atoms with Gasteiger partial charge in [-0.1, -0.05) is 11.3 Å². The number of hydrogen-bond acceptors (Lipinski definition) is 7. The lowest BCUT2D eigenvalue weighted by Gasteiger charge is -2.26. The summed E-state index contributed by atoms with van der Waals surface area (Å²) in [5.41, 5.74) is 0.401. The zero-order chi connectivity index (χ0) is 22.5. The summed E-state index contributed by atoms with van der Waals surface area (Å²) >= 11 is 0.987. The van der Waals surface area contributed by atoms with Crippen molar-refractivity contribution in [3.05, 3.63) is 69.7 Å². The molecule has 8 nitrogen and oxygen atoms in total. The van der Waals surface area contributed by atoms with Gasteiger partial charge in [0.25, 0.3) is 11.8 Å². The smallest absolute Gasteiger partial charge is 0.286 e. The standard InChI is InChI=1S/C21H18F2N4O4S/c22-14-3-6-17(16(23)11-14)24-19(28)20-26-25-18(32-20)12-31-15-4-1-13(2-5-15)21(29)27-7-9-30-10-8-27/h1-6,11H,7-10,12H2,(H,24,28). The van der Waals surface area contributed by atoms with Gasteiger partial charge in [0.2, 0.25) is 5.01 Å². The first-order valence-corrected chi connectivity index (χ1v) is 10.5. The molecule has 1 fully saturated rings. The van der Waals surface area contributed by atoms with Gasteiger partial charge in [-0.05, 0) is 36.4 Å². The summed E-state index contributed by atoms with van der Waals surface area (Å²) in [5.74, 6) is -1.82. The number of amides is 2. The zero-order valence-electron chi connectivity index (χ0n) is 16.7. The van der Waals surface area contributed by atoms with Gasteiger partial charge < -0.3 is 19.7 Å². The maximum absolute atomic E-state index is 13.7. The molecule has 166 valence electrons. The predicted molar refractivity (Wildman–Crippen MR) is 112 cm³/mol. The molecule has 4 rings (SSSR count). The van der Waals surface area contributed by atoms with Crippen LogP contribution in [0.3, 0.4) is 0 Å². The average Bonchev–Trinajstić information content (AvgIpc) is 3.29. The summed E-state index contributed by atoms with van der Waals surface area (Å²) in [6.45, 7) is 2.27. The third-order valence-electron chi connectivity index (χ3n) is 4.60. The molecule has 0 atom stereocenters. The zero-order valence-corrected chi connectivity index (χ0v) is 17.5. The van der Waals surface area contributed by atoms with Crippen molar-refractivity contribution >= 4 is 28.8 Å². The summed E-state index contributed by atoms with van der Waals surface area (Å²) in [6.07, 6.45) is 0. The molecule has 1 N–H and O–H groups in total. The Morgan fingerprint density at radius 1 is 1.09 bits per heavy atom. The van der Waals surface area contributed by atoms with E-state index >= 15 is 0 Å². The number of aromatic nitrogens is 2. The van der Waals surface area contributed by atoms with Gasteiger partial charge in [-0.15, -0.1) is 10.2 Å². The van der Waals surface area contributed by atoms with E-state index in [2.05, 4.69) is 15.5 Å². The minimum absolute atomic E-state index is 0.0128. The van der Waals surface area contributed by atoms with Crippen LogP contribution in [0.4, 0.5) is 14.5 Å². The Morgan fingerprint density at radius 3 is 2.56 bits per heavy atom. The van der Waals surface area contributed by atoms with Gasteiger partial charge in [-0.25, -0.2) is 8.78 Å². The van der Waals surface area contributed by atoms with E-state index in [1.807, 2.05) is 0 Å². The third-order valence-corrected chi connectivity index (χ3v) is 5.50. The SMILES string of the molecule is O=C(Nc1ccc(F)cc1F)c1nnc(COc2ccc(C(=O)N3CCOCC3)cc2)s1. The Labute approximate surface area is 185 Å². The van der Waals surface area contributed by atoms with Crippen LogP contribution in [0.25, 0.3) is 0 Å². The second-order valence-electron chi connectivity index (χ2n) is 6.80. The van der Waals surface area contributed by atoms with Crippen LogP contribution < -0.4 is 10.1 Å². The number of anilines is 1. The molecule has 2 heterocycles. The molecule has 11 heteroatoms. The molecule has 2 amide bonds. The highest BCUT2D eigenvalue weighted by Gasteiger charge is 2.19. The molecular weight excluding hydrogens is 442 g/mol. The van der Waals surface area contributed by atoms with Gasteiger partial charge in [0.15, 0.2) is 5.01 Å². The summed E-state index contributed by atoms with van der Waals surface area (Å²) < 4.78 is 37.6. The van der Waals surface area contributed by atoms with Gasteiger partial charge in [-0.2, -0.15) is 0 Å². The van der Waals surface area contributed by atoms with E-state index in [0.29, 0.717) is 48.7 Å². The van der Waals surface area contributed by atoms with E-state index in [1.54, 1.807) is 29.2 Å². The van der Waals surface area contributed by atoms with Crippen molar-refractivity contribution in [2.45, 2.75) is 6.61 Å². The molecule has 3 aromatic rings. The Kier molecular flexibility index (Phi) is 6.66. The van der Waals surface area contributed by atoms with E-state index in [0.717, 1.165) is 23.5 Å². The fourth-order valence-electron chi connectivity index (χ4n) is 2.96. The predicted octanol–water partition coefficient (Wildman–Crippen LogP) is 3.12. The van der Waals surface area contributed by atoms with Crippen LogP contribution in [0, 0.1) is 11.6 Å². The van der Waals surface area contributed by atoms with Crippen LogP contribution in [0.15, 0.2) is 42.5 Å². The fraction of sp³-hybridized carbons (Fsp3) is 0.238. The molecule has 32 heavy (non-hydrogen) atoms. The Bertz CT molecular complexity index is 1120. The monoisotopic (exact) mass is 460 g/mol. The van der Waals surface area contributed by atoms with Crippen molar-refractivity contribution in [3.63, 3.8) is 0 Å². The first-order valence-electron chi connectivity index (χ1n) is 9.68. The van der Waals surface area contributed by atoms with Crippen molar-refractivity contribution in [3.8, 4) is 5.75 Å². The van der Waals surface area contributed by atoms with Gasteiger partial charge in [0, 0.05) is 24.7 Å². The molecule has 0 spiro atoms. The van der Waals surface area contributed by atoms with Crippen molar-refractivity contribution in [1.82, 2.24) is 15.1 Å². The highest BCUT2D eigenvalue weighted by Crippen LogP contribution is 2.20. The number of benzene rings is 2. The average molecular weight is 460 g/mol. The van der Waals surface area contributed by atoms with Crippen molar-refractivity contribution in [1.29, 1.82) is 0 Å². The van der Waals surface area contributed by atoms with Crippen LogP contribution in [0.2, 0.25) is 0 Å². The van der Waals surface area contributed by atoms with E-state index < -0.39 is 17.5 Å². The Balaban J connectivity index is 1.31. The first kappa shape index (κ1) is 21.8. The number of ether oxygens (including phenoxy) is 2. The summed E-state index contributed by atoms with van der Waals surface area (Å²) in [4.78, 5) is 26.4. The van der Waals surface area contributed by atoms with Crippen LogP contribution >= 0.6 is 11.3 Å². The normalized spacial score (nSPS) is 13.6. The largest absolute Gasteiger partial charge is 0.486 e. The van der Waals surface area contributed by atoms with Gasteiger partial charge >= 0.3 is 0 Å². The van der Waals surface area contributed by atoms with E-state index in [4.69, 9.17) is 9.47 Å². The number of nitrogens with one attached hydrogen (secondary N) is 1. The summed E-state index contributed by atoms with van der Waals surface area (Å²) in [6, 6.07) is 9.57. The number of nitrogens with zero attached hydrogens (tertiary/aromatic N) is 3. The molecule has 0 unspecified atom stereocenters. The minimum atomic E-state index is -0.887. The van der Waals surface area contributed by atoms with Gasteiger partial charge in [0.05, 0.1) is 18.9 Å². The highest BCUT2D eigenvalue weighted by molar-refractivity contribution is 7.13. The fourth-order valence-corrected chi connectivity index (χ4v) is 3.61. The van der Waals surface area contributed by atoms with E-state index in [1.165, 1.54) is 0 Å². The lowest BCUT2D eigenvalue weighted by Crippen LogP contribution is -2.40. The minimum Gasteiger partial charge on any atom is -0.486 e. The second kappa shape index (κ2) is 9.79. The Hall–Kier alpha value is -3.44. The van der Waals surface area contributed by atoms with E-state index in [9.17, 15) is 18.4 Å². The van der Waals surface area contributed by atoms with Crippen molar-refractivity contribution < 1.29 is 27.8 Å².